The average molecular weight is 701 g/mol. The average Bonchev–Trinajstić information content (AvgIpc) is 3.51. The van der Waals surface area contributed by atoms with Gasteiger partial charge in [-0.3, -0.25) is 0 Å². The molecule has 0 aliphatic carbocycles. The Morgan fingerprint density at radius 2 is 1.23 bits per heavy atom. The molecule has 9 N–H and O–H groups in total. The lowest BCUT2D eigenvalue weighted by molar-refractivity contribution is -0.408. The molecular formula is C27H40O21. The number of hydrogen-bond acceptors (Lipinski definition) is 20. The second-order valence-corrected chi connectivity index (χ2v) is 12.9. The molecular weight excluding hydrogens is 660 g/mol. The summed E-state index contributed by atoms with van der Waals surface area (Å²) in [7, 11) is 0. The summed E-state index contributed by atoms with van der Waals surface area (Å²) in [6.07, 6.45) is -27.4. The van der Waals surface area contributed by atoms with E-state index in [1.807, 2.05) is 0 Å². The Hall–Kier alpha value is -1.29. The van der Waals surface area contributed by atoms with E-state index in [1.165, 1.54) is 0 Å². The van der Waals surface area contributed by atoms with Crippen LogP contribution < -0.4 is 0 Å². The maximum absolute atomic E-state index is 11.9. The van der Waals surface area contributed by atoms with Gasteiger partial charge in [0.25, 0.3) is 5.79 Å². The number of hydrogen-bond donors (Lipinski definition) is 9. The fraction of sp³-hybridized carbons (Fsp3) is 0.963. The number of carboxylic acid groups (broad SMARTS) is 1. The third-order valence-electron chi connectivity index (χ3n) is 9.76. The first-order valence-corrected chi connectivity index (χ1v) is 15.5. The van der Waals surface area contributed by atoms with Crippen LogP contribution in [-0.2, 0) is 56.9 Å². The number of aliphatic carboxylic acids is 1. The normalized spacial score (nSPS) is 56.5. The van der Waals surface area contributed by atoms with Crippen molar-refractivity contribution in [1.82, 2.24) is 0 Å². The van der Waals surface area contributed by atoms with Crippen LogP contribution in [0.2, 0.25) is 0 Å². The van der Waals surface area contributed by atoms with Crippen molar-refractivity contribution in [2.24, 2.45) is 0 Å². The van der Waals surface area contributed by atoms with Gasteiger partial charge in [-0.15, -0.1) is 0 Å². The molecule has 7 aliphatic rings. The number of carboxylic acids is 1. The van der Waals surface area contributed by atoms with Crippen LogP contribution in [0.25, 0.3) is 0 Å². The van der Waals surface area contributed by atoms with E-state index in [1.54, 1.807) is 0 Å². The van der Waals surface area contributed by atoms with Gasteiger partial charge in [-0.1, -0.05) is 0 Å². The highest BCUT2D eigenvalue weighted by Gasteiger charge is 2.61. The summed E-state index contributed by atoms with van der Waals surface area (Å²) in [4.78, 5) is 11.9. The molecule has 21 nitrogen and oxygen atoms in total. The Labute approximate surface area is 271 Å². The molecule has 7 rings (SSSR count). The van der Waals surface area contributed by atoms with Gasteiger partial charge in [0.15, 0.2) is 25.2 Å². The Bertz CT molecular complexity index is 1160. The fourth-order valence-electron chi connectivity index (χ4n) is 7.04. The predicted octanol–water partition coefficient (Wildman–Crippen LogP) is -6.79. The zero-order chi connectivity index (χ0) is 34.2. The van der Waals surface area contributed by atoms with Crippen molar-refractivity contribution in [1.29, 1.82) is 0 Å². The standard InChI is InChI=1S/C27H40O21/c1-27(26(36)37)40-5-9-17(48-27)21(47-23-13(32)18-11(30)7(42-23)3-38-18)15(34)25(44-9)45-16-8-4-39-20(16)14(33)24(43-8)46-19-10(29)6(2-28)41-22(35)12(19)31/h6-25,28-35H,2-5H2,1H3,(H,36,37). The molecule has 0 spiro atoms. The monoisotopic (exact) mass is 700 g/mol. The molecule has 0 amide bonds. The molecule has 0 aromatic carbocycles. The van der Waals surface area contributed by atoms with E-state index in [2.05, 4.69) is 0 Å². The van der Waals surface area contributed by atoms with Crippen LogP contribution in [0, 0.1) is 0 Å². The van der Waals surface area contributed by atoms with Crippen molar-refractivity contribution in [3.05, 3.63) is 0 Å². The van der Waals surface area contributed by atoms with E-state index in [-0.39, 0.29) is 19.8 Å². The quantitative estimate of drug-likeness (QED) is 0.114. The lowest BCUT2D eigenvalue weighted by Crippen LogP contribution is -2.69. The van der Waals surface area contributed by atoms with E-state index in [0.29, 0.717) is 0 Å². The van der Waals surface area contributed by atoms with Gasteiger partial charge in [0.1, 0.15) is 97.7 Å². The molecule has 0 aromatic rings. The third-order valence-corrected chi connectivity index (χ3v) is 9.76. The van der Waals surface area contributed by atoms with Crippen molar-refractivity contribution in [3.63, 3.8) is 0 Å². The van der Waals surface area contributed by atoms with Gasteiger partial charge in [-0.2, -0.15) is 0 Å². The maximum Gasteiger partial charge on any atom is 0.364 e. The van der Waals surface area contributed by atoms with Gasteiger partial charge in [0, 0.05) is 6.92 Å². The molecule has 21 atom stereocenters. The van der Waals surface area contributed by atoms with E-state index in [9.17, 15) is 50.8 Å². The molecule has 4 bridgehead atoms. The van der Waals surface area contributed by atoms with Gasteiger partial charge < -0.3 is 98.1 Å². The Morgan fingerprint density at radius 1 is 0.646 bits per heavy atom. The van der Waals surface area contributed by atoms with Crippen LogP contribution in [0.4, 0.5) is 0 Å². The molecule has 21 heteroatoms. The molecule has 21 unspecified atom stereocenters. The number of carbonyl (C=O) groups is 1. The fourth-order valence-corrected chi connectivity index (χ4v) is 7.04. The molecule has 7 heterocycles. The minimum absolute atomic E-state index is 0.0230. The molecule has 0 aromatic heterocycles. The van der Waals surface area contributed by atoms with Gasteiger partial charge in [-0.05, 0) is 0 Å². The summed E-state index contributed by atoms with van der Waals surface area (Å²) in [5.74, 6) is -3.61. The smallest absolute Gasteiger partial charge is 0.364 e. The predicted molar refractivity (Wildman–Crippen MR) is 141 cm³/mol. The van der Waals surface area contributed by atoms with Crippen LogP contribution >= 0.6 is 0 Å². The SMILES string of the molecule is CC1(C(=O)O)OCC2OC(OC3C4COC3C(O)C(OC3C(O)C(O)OC(CO)C3O)O4)C(O)C(OC3OC4COC(C4O)C3O)C2O1. The zero-order valence-electron chi connectivity index (χ0n) is 25.3. The van der Waals surface area contributed by atoms with Gasteiger partial charge in [-0.25, -0.2) is 4.79 Å². The minimum atomic E-state index is -2.15. The highest BCUT2D eigenvalue weighted by Crippen LogP contribution is 2.41. The first kappa shape index (κ1) is 35.1. The number of ether oxygens (including phenoxy) is 11. The Morgan fingerprint density at radius 3 is 1.94 bits per heavy atom. The van der Waals surface area contributed by atoms with E-state index >= 15 is 0 Å². The Balaban J connectivity index is 1.07. The second kappa shape index (κ2) is 13.4. The van der Waals surface area contributed by atoms with E-state index < -0.39 is 141 Å². The molecule has 7 fully saturated rings. The number of aliphatic hydroxyl groups excluding tert-OH is 8. The third kappa shape index (κ3) is 5.96. The first-order valence-electron chi connectivity index (χ1n) is 15.5. The minimum Gasteiger partial charge on any atom is -0.477 e. The zero-order valence-corrected chi connectivity index (χ0v) is 25.3. The van der Waals surface area contributed by atoms with Gasteiger partial charge >= 0.3 is 5.97 Å². The highest BCUT2D eigenvalue weighted by molar-refractivity contribution is 5.75. The molecule has 274 valence electrons. The molecule has 0 saturated carbocycles. The van der Waals surface area contributed by atoms with Crippen molar-refractivity contribution in [2.75, 3.05) is 26.4 Å². The van der Waals surface area contributed by atoms with Crippen LogP contribution in [0.1, 0.15) is 6.92 Å². The molecule has 7 saturated heterocycles. The molecule has 7 aliphatic heterocycles. The largest absolute Gasteiger partial charge is 0.477 e. The number of aliphatic hydroxyl groups is 8. The van der Waals surface area contributed by atoms with Crippen LogP contribution in [-0.4, -0.2) is 207 Å². The molecule has 48 heavy (non-hydrogen) atoms. The first-order chi connectivity index (χ1) is 22.8. The van der Waals surface area contributed by atoms with Crippen molar-refractivity contribution >= 4 is 5.97 Å². The summed E-state index contributed by atoms with van der Waals surface area (Å²) >= 11 is 0. The number of rotatable bonds is 8. The lowest BCUT2D eigenvalue weighted by atomic mass is 9.95. The van der Waals surface area contributed by atoms with Crippen LogP contribution in [0.3, 0.4) is 0 Å². The number of fused-ring (bicyclic) bond motifs is 5. The summed E-state index contributed by atoms with van der Waals surface area (Å²) in [6.45, 7) is -0.0390. The van der Waals surface area contributed by atoms with E-state index in [0.717, 1.165) is 6.92 Å². The summed E-state index contributed by atoms with van der Waals surface area (Å²) < 4.78 is 62.4. The maximum atomic E-state index is 11.9. The second-order valence-electron chi connectivity index (χ2n) is 12.9. The van der Waals surface area contributed by atoms with Crippen molar-refractivity contribution in [3.8, 4) is 0 Å². The summed E-state index contributed by atoms with van der Waals surface area (Å²) in [5.41, 5.74) is 0. The van der Waals surface area contributed by atoms with Crippen LogP contribution in [0.15, 0.2) is 0 Å². The molecule has 0 radical (unpaired) electrons. The van der Waals surface area contributed by atoms with Crippen LogP contribution in [0.5, 0.6) is 0 Å². The van der Waals surface area contributed by atoms with Gasteiger partial charge in [0.2, 0.25) is 0 Å². The van der Waals surface area contributed by atoms with Gasteiger partial charge in [0.05, 0.1) is 26.4 Å². The summed E-state index contributed by atoms with van der Waals surface area (Å²) in [6, 6.07) is 0. The van der Waals surface area contributed by atoms with Crippen molar-refractivity contribution in [2.45, 2.75) is 136 Å². The topological polar surface area (TPSA) is 301 Å². The Kier molecular flexibility index (Phi) is 9.77. The highest BCUT2D eigenvalue weighted by atomic mass is 16.8. The lowest BCUT2D eigenvalue weighted by Gasteiger charge is -2.51. The van der Waals surface area contributed by atoms with E-state index in [4.69, 9.17) is 52.1 Å². The summed E-state index contributed by atoms with van der Waals surface area (Å²) in [5, 5.41) is 93.8. The van der Waals surface area contributed by atoms with Crippen molar-refractivity contribution < 1.29 is 103 Å².